The van der Waals surface area contributed by atoms with Gasteiger partial charge in [-0.1, -0.05) is 36.2 Å². The Morgan fingerprint density at radius 2 is 2.14 bits per heavy atom. The van der Waals surface area contributed by atoms with Gasteiger partial charge < -0.3 is 10.6 Å². The van der Waals surface area contributed by atoms with Gasteiger partial charge in [-0.3, -0.25) is 9.89 Å². The molecule has 2 aromatic rings. The average Bonchev–Trinajstić information content (AvgIpc) is 2.82. The molecule has 0 radical (unpaired) electrons. The zero-order valence-corrected chi connectivity index (χ0v) is 13.3. The number of aryl methyl sites for hydroxylation is 1. The molecule has 7 heteroatoms. The minimum atomic E-state index is -0.255. The number of hydrogen-bond acceptors (Lipinski definition) is 3. The number of anilines is 1. The molecule has 1 aromatic heterocycles. The summed E-state index contributed by atoms with van der Waals surface area (Å²) in [7, 11) is 1.67. The molecule has 1 aromatic carbocycles. The number of amides is 1. The van der Waals surface area contributed by atoms with Gasteiger partial charge in [0.15, 0.2) is 5.69 Å². The first kappa shape index (κ1) is 15.7. The Hall–Kier alpha value is -1.72. The lowest BCUT2D eigenvalue weighted by Gasteiger charge is -2.17. The van der Waals surface area contributed by atoms with Crippen molar-refractivity contribution in [2.45, 2.75) is 19.9 Å². The Kier molecular flexibility index (Phi) is 4.75. The summed E-state index contributed by atoms with van der Waals surface area (Å²) in [6, 6.07) is 5.17. The molecule has 0 unspecified atom stereocenters. The third-order valence-electron chi connectivity index (χ3n) is 3.21. The van der Waals surface area contributed by atoms with E-state index in [2.05, 4.69) is 10.2 Å². The standard InChI is InChI=1S/C14H16Cl2N4O/c1-3-11-12(17)13(19-18-11)14(21)20(2)7-8-4-5-9(15)6-10(8)16/h4-6H,3,7,17H2,1-2H3,(H,18,19). The van der Waals surface area contributed by atoms with Crippen LogP contribution in [-0.2, 0) is 13.0 Å². The molecule has 3 N–H and O–H groups in total. The number of carbonyl (C=O) groups is 1. The zero-order valence-electron chi connectivity index (χ0n) is 11.8. The molecular weight excluding hydrogens is 311 g/mol. The van der Waals surface area contributed by atoms with Gasteiger partial charge in [0.25, 0.3) is 5.91 Å². The molecule has 0 aliphatic carbocycles. The van der Waals surface area contributed by atoms with E-state index >= 15 is 0 Å². The summed E-state index contributed by atoms with van der Waals surface area (Å²) >= 11 is 12.0. The second kappa shape index (κ2) is 6.37. The average molecular weight is 327 g/mol. The van der Waals surface area contributed by atoms with Crippen molar-refractivity contribution in [2.75, 3.05) is 12.8 Å². The van der Waals surface area contributed by atoms with Crippen LogP contribution in [0.2, 0.25) is 10.0 Å². The molecule has 0 aliphatic rings. The van der Waals surface area contributed by atoms with Crippen LogP contribution in [0.3, 0.4) is 0 Å². The topological polar surface area (TPSA) is 75.0 Å². The highest BCUT2D eigenvalue weighted by Gasteiger charge is 2.20. The number of aromatic nitrogens is 2. The van der Waals surface area contributed by atoms with Gasteiger partial charge in [0, 0.05) is 23.6 Å². The molecule has 0 saturated heterocycles. The third-order valence-corrected chi connectivity index (χ3v) is 3.80. The van der Waals surface area contributed by atoms with Gasteiger partial charge in [0.05, 0.1) is 11.4 Å². The predicted octanol–water partition coefficient (Wildman–Crippen LogP) is 3.13. The molecule has 0 spiro atoms. The van der Waals surface area contributed by atoms with Gasteiger partial charge >= 0.3 is 0 Å². The number of H-pyrrole nitrogens is 1. The first-order chi connectivity index (χ1) is 9.93. The van der Waals surface area contributed by atoms with Gasteiger partial charge in [-0.25, -0.2) is 0 Å². The second-order valence-electron chi connectivity index (χ2n) is 4.71. The van der Waals surface area contributed by atoms with Crippen LogP contribution in [0.25, 0.3) is 0 Å². The predicted molar refractivity (Wildman–Crippen MR) is 84.6 cm³/mol. The van der Waals surface area contributed by atoms with Crippen molar-refractivity contribution < 1.29 is 4.79 Å². The highest BCUT2D eigenvalue weighted by molar-refractivity contribution is 6.35. The van der Waals surface area contributed by atoms with Crippen LogP contribution in [0.4, 0.5) is 5.69 Å². The van der Waals surface area contributed by atoms with Gasteiger partial charge in [0.1, 0.15) is 0 Å². The van der Waals surface area contributed by atoms with Gasteiger partial charge in [-0.15, -0.1) is 0 Å². The minimum absolute atomic E-state index is 0.236. The van der Waals surface area contributed by atoms with E-state index in [1.165, 1.54) is 4.90 Å². The van der Waals surface area contributed by atoms with E-state index in [1.54, 1.807) is 25.2 Å². The number of nitrogens with two attached hydrogens (primary N) is 1. The molecule has 0 bridgehead atoms. The summed E-state index contributed by atoms with van der Waals surface area (Å²) in [6.07, 6.45) is 0.693. The number of nitrogens with zero attached hydrogens (tertiary/aromatic N) is 2. The first-order valence-corrected chi connectivity index (χ1v) is 7.21. The van der Waals surface area contributed by atoms with Crippen LogP contribution < -0.4 is 5.73 Å². The fourth-order valence-corrected chi connectivity index (χ4v) is 2.45. The number of nitrogen functional groups attached to an aromatic ring is 1. The first-order valence-electron chi connectivity index (χ1n) is 6.46. The lowest BCUT2D eigenvalue weighted by Crippen LogP contribution is -2.27. The molecule has 1 heterocycles. The Bertz CT molecular complexity index is 669. The van der Waals surface area contributed by atoms with E-state index in [1.807, 2.05) is 6.92 Å². The molecule has 2 rings (SSSR count). The highest BCUT2D eigenvalue weighted by Crippen LogP contribution is 2.23. The molecule has 5 nitrogen and oxygen atoms in total. The molecule has 21 heavy (non-hydrogen) atoms. The van der Waals surface area contributed by atoms with E-state index in [0.29, 0.717) is 28.7 Å². The smallest absolute Gasteiger partial charge is 0.276 e. The minimum Gasteiger partial charge on any atom is -0.395 e. The molecule has 0 fully saturated rings. The van der Waals surface area contributed by atoms with Crippen LogP contribution >= 0.6 is 23.2 Å². The molecule has 1 amide bonds. The van der Waals surface area contributed by atoms with Crippen molar-refractivity contribution in [1.82, 2.24) is 15.1 Å². The van der Waals surface area contributed by atoms with Crippen molar-refractivity contribution in [3.05, 3.63) is 45.2 Å². The normalized spacial score (nSPS) is 10.7. The van der Waals surface area contributed by atoms with Crippen LogP contribution in [-0.4, -0.2) is 28.1 Å². The number of halogens is 2. The van der Waals surface area contributed by atoms with E-state index in [-0.39, 0.29) is 11.6 Å². The summed E-state index contributed by atoms with van der Waals surface area (Å²) in [5, 5.41) is 7.84. The SMILES string of the molecule is CCc1[nH]nc(C(=O)N(C)Cc2ccc(Cl)cc2Cl)c1N. The van der Waals surface area contributed by atoms with Crippen molar-refractivity contribution in [2.24, 2.45) is 0 Å². The Morgan fingerprint density at radius 3 is 2.71 bits per heavy atom. The fraction of sp³-hybridized carbons (Fsp3) is 0.286. The summed E-state index contributed by atoms with van der Waals surface area (Å²) in [4.78, 5) is 13.9. The lowest BCUT2D eigenvalue weighted by atomic mass is 10.2. The highest BCUT2D eigenvalue weighted by atomic mass is 35.5. The van der Waals surface area contributed by atoms with E-state index in [4.69, 9.17) is 28.9 Å². The molecule has 0 atom stereocenters. The number of rotatable bonds is 4. The molecular formula is C14H16Cl2N4O. The maximum Gasteiger partial charge on any atom is 0.276 e. The summed E-state index contributed by atoms with van der Waals surface area (Å²) in [5.41, 5.74) is 8.11. The number of hydrogen-bond donors (Lipinski definition) is 2. The van der Waals surface area contributed by atoms with Crippen molar-refractivity contribution in [1.29, 1.82) is 0 Å². The maximum absolute atomic E-state index is 12.4. The fourth-order valence-electron chi connectivity index (χ4n) is 1.98. The quantitative estimate of drug-likeness (QED) is 0.906. The number of carbonyl (C=O) groups excluding carboxylic acids is 1. The Labute approximate surface area is 133 Å². The van der Waals surface area contributed by atoms with Crippen LogP contribution in [0, 0.1) is 0 Å². The third kappa shape index (κ3) is 3.31. The second-order valence-corrected chi connectivity index (χ2v) is 5.56. The van der Waals surface area contributed by atoms with Crippen LogP contribution in [0.1, 0.15) is 28.7 Å². The Balaban J connectivity index is 2.17. The van der Waals surface area contributed by atoms with Crippen molar-refractivity contribution >= 4 is 34.8 Å². The summed E-state index contributed by atoms with van der Waals surface area (Å²) < 4.78 is 0. The van der Waals surface area contributed by atoms with Gasteiger partial charge in [-0.05, 0) is 24.1 Å². The van der Waals surface area contributed by atoms with Gasteiger partial charge in [0.2, 0.25) is 0 Å². The van der Waals surface area contributed by atoms with E-state index < -0.39 is 0 Å². The lowest BCUT2D eigenvalue weighted by molar-refractivity contribution is 0.0780. The summed E-state index contributed by atoms with van der Waals surface area (Å²) in [6.45, 7) is 2.29. The number of aromatic amines is 1. The Morgan fingerprint density at radius 1 is 1.43 bits per heavy atom. The largest absolute Gasteiger partial charge is 0.395 e. The van der Waals surface area contributed by atoms with E-state index in [9.17, 15) is 4.79 Å². The van der Waals surface area contributed by atoms with Crippen molar-refractivity contribution in [3.8, 4) is 0 Å². The molecule has 0 saturated carbocycles. The van der Waals surface area contributed by atoms with Crippen LogP contribution in [0.15, 0.2) is 18.2 Å². The molecule has 0 aliphatic heterocycles. The molecule has 112 valence electrons. The number of nitrogens with one attached hydrogen (secondary N) is 1. The van der Waals surface area contributed by atoms with Gasteiger partial charge in [-0.2, -0.15) is 5.10 Å². The van der Waals surface area contributed by atoms with Crippen LogP contribution in [0.5, 0.6) is 0 Å². The monoisotopic (exact) mass is 326 g/mol. The number of benzene rings is 1. The summed E-state index contributed by atoms with van der Waals surface area (Å²) in [5.74, 6) is -0.255. The maximum atomic E-state index is 12.4. The van der Waals surface area contributed by atoms with E-state index in [0.717, 1.165) is 11.3 Å². The zero-order chi connectivity index (χ0) is 15.6. The van der Waals surface area contributed by atoms with Crippen molar-refractivity contribution in [3.63, 3.8) is 0 Å².